The van der Waals surface area contributed by atoms with E-state index in [2.05, 4.69) is 18.3 Å². The molecular formula is C15H18N2O. The minimum Gasteiger partial charge on any atom is -0.352 e. The Morgan fingerprint density at radius 1 is 1.50 bits per heavy atom. The van der Waals surface area contributed by atoms with E-state index in [0.29, 0.717) is 5.92 Å². The van der Waals surface area contributed by atoms with Crippen LogP contribution in [0.25, 0.3) is 0 Å². The van der Waals surface area contributed by atoms with Crippen molar-refractivity contribution in [3.63, 3.8) is 0 Å². The molecule has 0 saturated heterocycles. The molecule has 0 spiro atoms. The molecule has 18 heavy (non-hydrogen) atoms. The molecule has 1 saturated carbocycles. The number of rotatable bonds is 5. The summed E-state index contributed by atoms with van der Waals surface area (Å²) in [6.45, 7) is 2.15. The molecular weight excluding hydrogens is 224 g/mol. The van der Waals surface area contributed by atoms with Crippen LogP contribution in [-0.4, -0.2) is 11.9 Å². The van der Waals surface area contributed by atoms with Gasteiger partial charge in [-0.15, -0.1) is 0 Å². The van der Waals surface area contributed by atoms with Crippen LogP contribution >= 0.6 is 0 Å². The van der Waals surface area contributed by atoms with Gasteiger partial charge in [0.2, 0.25) is 5.91 Å². The van der Waals surface area contributed by atoms with Crippen molar-refractivity contribution in [2.24, 2.45) is 5.92 Å². The van der Waals surface area contributed by atoms with Gasteiger partial charge in [-0.25, -0.2) is 0 Å². The number of carbonyl (C=O) groups excluding carboxylic acids is 1. The van der Waals surface area contributed by atoms with Gasteiger partial charge in [-0.1, -0.05) is 43.7 Å². The summed E-state index contributed by atoms with van der Waals surface area (Å²) < 4.78 is 0. The maximum Gasteiger partial charge on any atom is 0.242 e. The van der Waals surface area contributed by atoms with Crippen LogP contribution in [0.2, 0.25) is 0 Å². The SMILES string of the molecule is CCCC1CC1NC(=O)C(C#N)c1ccccc1. The van der Waals surface area contributed by atoms with Gasteiger partial charge in [0.25, 0.3) is 0 Å². The largest absolute Gasteiger partial charge is 0.352 e. The van der Waals surface area contributed by atoms with Crippen molar-refractivity contribution in [3.8, 4) is 6.07 Å². The first-order valence-electron chi connectivity index (χ1n) is 6.51. The second-order valence-corrected chi connectivity index (χ2v) is 4.87. The second kappa shape index (κ2) is 5.68. The Hall–Kier alpha value is -1.82. The zero-order valence-electron chi connectivity index (χ0n) is 10.6. The number of nitriles is 1. The van der Waals surface area contributed by atoms with Crippen molar-refractivity contribution in [2.45, 2.75) is 38.1 Å². The highest BCUT2D eigenvalue weighted by atomic mass is 16.2. The molecule has 1 amide bonds. The summed E-state index contributed by atoms with van der Waals surface area (Å²) >= 11 is 0. The van der Waals surface area contributed by atoms with Crippen LogP contribution in [0.1, 0.15) is 37.7 Å². The Balaban J connectivity index is 1.94. The van der Waals surface area contributed by atoms with E-state index in [1.807, 2.05) is 30.3 Å². The van der Waals surface area contributed by atoms with Crippen LogP contribution < -0.4 is 5.32 Å². The number of benzene rings is 1. The third-order valence-corrected chi connectivity index (χ3v) is 3.43. The summed E-state index contributed by atoms with van der Waals surface area (Å²) in [5, 5.41) is 12.1. The highest BCUT2D eigenvalue weighted by molar-refractivity contribution is 5.86. The third kappa shape index (κ3) is 2.89. The van der Waals surface area contributed by atoms with Crippen molar-refractivity contribution in [2.75, 3.05) is 0 Å². The Morgan fingerprint density at radius 2 is 2.22 bits per heavy atom. The van der Waals surface area contributed by atoms with Gasteiger partial charge >= 0.3 is 0 Å². The van der Waals surface area contributed by atoms with Gasteiger partial charge in [-0.3, -0.25) is 4.79 Å². The van der Waals surface area contributed by atoms with Crippen LogP contribution in [0.5, 0.6) is 0 Å². The monoisotopic (exact) mass is 242 g/mol. The lowest BCUT2D eigenvalue weighted by molar-refractivity contribution is -0.121. The van der Waals surface area contributed by atoms with Crippen LogP contribution in [0.4, 0.5) is 0 Å². The fourth-order valence-electron chi connectivity index (χ4n) is 2.31. The number of hydrogen-bond donors (Lipinski definition) is 1. The Morgan fingerprint density at radius 3 is 2.83 bits per heavy atom. The molecule has 1 aliphatic rings. The van der Waals surface area contributed by atoms with Gasteiger partial charge in [0.1, 0.15) is 5.92 Å². The normalized spacial score (nSPS) is 22.9. The molecule has 2 rings (SSSR count). The molecule has 1 N–H and O–H groups in total. The fourth-order valence-corrected chi connectivity index (χ4v) is 2.31. The summed E-state index contributed by atoms with van der Waals surface area (Å²) in [7, 11) is 0. The van der Waals surface area contributed by atoms with Crippen molar-refractivity contribution < 1.29 is 4.79 Å². The van der Waals surface area contributed by atoms with Gasteiger partial charge in [0.15, 0.2) is 0 Å². The molecule has 0 heterocycles. The van der Waals surface area contributed by atoms with E-state index < -0.39 is 5.92 Å². The summed E-state index contributed by atoms with van der Waals surface area (Å²) in [4.78, 5) is 12.0. The summed E-state index contributed by atoms with van der Waals surface area (Å²) in [5.74, 6) is -0.226. The highest BCUT2D eigenvalue weighted by Gasteiger charge is 2.38. The number of nitrogens with one attached hydrogen (secondary N) is 1. The van der Waals surface area contributed by atoms with E-state index in [-0.39, 0.29) is 11.9 Å². The summed E-state index contributed by atoms with van der Waals surface area (Å²) in [6.07, 6.45) is 3.37. The predicted octanol–water partition coefficient (Wildman–Crippen LogP) is 2.60. The molecule has 0 aromatic heterocycles. The van der Waals surface area contributed by atoms with Gasteiger partial charge < -0.3 is 5.32 Å². The minimum absolute atomic E-state index is 0.160. The molecule has 3 atom stereocenters. The van der Waals surface area contributed by atoms with Crippen LogP contribution in [-0.2, 0) is 4.79 Å². The van der Waals surface area contributed by atoms with Crippen molar-refractivity contribution >= 4 is 5.91 Å². The number of nitrogens with zero attached hydrogens (tertiary/aromatic N) is 1. The average Bonchev–Trinajstić information content (AvgIpc) is 3.10. The lowest BCUT2D eigenvalue weighted by atomic mass is 10.00. The Bertz CT molecular complexity index is 449. The summed E-state index contributed by atoms with van der Waals surface area (Å²) in [5.41, 5.74) is 0.769. The van der Waals surface area contributed by atoms with Crippen molar-refractivity contribution in [3.05, 3.63) is 35.9 Å². The average molecular weight is 242 g/mol. The van der Waals surface area contributed by atoms with Gasteiger partial charge in [-0.05, 0) is 24.3 Å². The molecule has 3 nitrogen and oxygen atoms in total. The molecule has 0 aliphatic heterocycles. The number of hydrogen-bond acceptors (Lipinski definition) is 2. The molecule has 1 aliphatic carbocycles. The van der Waals surface area contributed by atoms with E-state index in [0.717, 1.165) is 24.8 Å². The number of carbonyl (C=O) groups is 1. The van der Waals surface area contributed by atoms with E-state index in [1.165, 1.54) is 0 Å². The standard InChI is InChI=1S/C15H18N2O/c1-2-6-12-9-14(12)17-15(18)13(10-16)11-7-4-3-5-8-11/h3-5,7-8,12-14H,2,6,9H2,1H3,(H,17,18). The Labute approximate surface area is 108 Å². The van der Waals surface area contributed by atoms with E-state index in [4.69, 9.17) is 5.26 Å². The van der Waals surface area contributed by atoms with Gasteiger partial charge in [-0.2, -0.15) is 5.26 Å². The first kappa shape index (κ1) is 12.6. The smallest absolute Gasteiger partial charge is 0.242 e. The lowest BCUT2D eigenvalue weighted by Crippen LogP contribution is -2.31. The lowest BCUT2D eigenvalue weighted by Gasteiger charge is -2.10. The zero-order chi connectivity index (χ0) is 13.0. The number of amides is 1. The molecule has 3 heteroatoms. The molecule has 1 aromatic carbocycles. The fraction of sp³-hybridized carbons (Fsp3) is 0.467. The van der Waals surface area contributed by atoms with Crippen LogP contribution in [0, 0.1) is 17.2 Å². The van der Waals surface area contributed by atoms with Crippen LogP contribution in [0.15, 0.2) is 30.3 Å². The quantitative estimate of drug-likeness (QED) is 0.862. The molecule has 0 radical (unpaired) electrons. The molecule has 94 valence electrons. The van der Waals surface area contributed by atoms with Gasteiger partial charge in [0, 0.05) is 6.04 Å². The van der Waals surface area contributed by atoms with Crippen LogP contribution in [0.3, 0.4) is 0 Å². The molecule has 1 aromatic rings. The van der Waals surface area contributed by atoms with E-state index in [1.54, 1.807) is 0 Å². The zero-order valence-corrected chi connectivity index (χ0v) is 10.6. The first-order chi connectivity index (χ1) is 8.76. The van der Waals surface area contributed by atoms with Gasteiger partial charge in [0.05, 0.1) is 6.07 Å². The minimum atomic E-state index is -0.686. The second-order valence-electron chi connectivity index (χ2n) is 4.87. The third-order valence-electron chi connectivity index (χ3n) is 3.43. The summed E-state index contributed by atoms with van der Waals surface area (Å²) in [6, 6.07) is 11.6. The van der Waals surface area contributed by atoms with E-state index >= 15 is 0 Å². The highest BCUT2D eigenvalue weighted by Crippen LogP contribution is 2.35. The maximum atomic E-state index is 12.0. The van der Waals surface area contributed by atoms with E-state index in [9.17, 15) is 4.79 Å². The molecule has 0 bridgehead atoms. The predicted molar refractivity (Wildman–Crippen MR) is 69.7 cm³/mol. The van der Waals surface area contributed by atoms with Crippen molar-refractivity contribution in [1.82, 2.24) is 5.32 Å². The maximum absolute atomic E-state index is 12.0. The molecule has 1 fully saturated rings. The first-order valence-corrected chi connectivity index (χ1v) is 6.51. The van der Waals surface area contributed by atoms with Crippen molar-refractivity contribution in [1.29, 1.82) is 5.26 Å². The molecule has 3 unspecified atom stereocenters. The topological polar surface area (TPSA) is 52.9 Å². The Kier molecular flexibility index (Phi) is 3.99.